The molecule has 0 aliphatic rings. The zero-order chi connectivity index (χ0) is 20.1. The third kappa shape index (κ3) is 3.99. The van der Waals surface area contributed by atoms with Gasteiger partial charge in [0, 0.05) is 0 Å². The Hall–Kier alpha value is -2.83. The zero-order valence-corrected chi connectivity index (χ0v) is 17.0. The Balaban J connectivity index is 1.92. The monoisotopic (exact) mass is 404 g/mol. The summed E-state index contributed by atoms with van der Waals surface area (Å²) >= 11 is 0. The van der Waals surface area contributed by atoms with Crippen LogP contribution in [0.25, 0.3) is 0 Å². The van der Waals surface area contributed by atoms with Crippen LogP contribution in [-0.2, 0) is 6.16 Å². The molecule has 4 aromatic rings. The number of rotatable bonds is 6. The van der Waals surface area contributed by atoms with Crippen LogP contribution in [0.15, 0.2) is 115 Å². The van der Waals surface area contributed by atoms with Crippen LogP contribution in [0.2, 0.25) is 0 Å². The molecule has 4 rings (SSSR count). The van der Waals surface area contributed by atoms with E-state index in [1.165, 1.54) is 15.9 Å². The van der Waals surface area contributed by atoms with Crippen LogP contribution in [0.5, 0.6) is 0 Å². The third-order valence-electron chi connectivity index (χ3n) is 5.50. The van der Waals surface area contributed by atoms with E-state index < -0.39 is 13.7 Å². The van der Waals surface area contributed by atoms with Crippen molar-refractivity contribution in [3.63, 3.8) is 0 Å². The summed E-state index contributed by atoms with van der Waals surface area (Å²) in [5.41, 5.74) is 1.15. The summed E-state index contributed by atoms with van der Waals surface area (Å²) in [6, 6.07) is 38.7. The Kier molecular flexibility index (Phi) is 5.83. The summed E-state index contributed by atoms with van der Waals surface area (Å²) < 4.78 is 26.1. The van der Waals surface area contributed by atoms with E-state index >= 15 is 0 Å². The van der Waals surface area contributed by atoms with Gasteiger partial charge in [-0.1, -0.05) is 0 Å². The van der Waals surface area contributed by atoms with Gasteiger partial charge in [0.25, 0.3) is 0 Å². The van der Waals surface area contributed by atoms with Gasteiger partial charge in [-0.15, -0.1) is 0 Å². The van der Waals surface area contributed by atoms with Crippen molar-refractivity contribution in [2.45, 2.75) is 12.6 Å². The molecular formula is C26H23F2P. The third-order valence-corrected chi connectivity index (χ3v) is 10.4. The van der Waals surface area contributed by atoms with Gasteiger partial charge in [0.05, 0.1) is 0 Å². The second-order valence-electron chi connectivity index (χ2n) is 7.22. The Labute approximate surface area is 171 Å². The van der Waals surface area contributed by atoms with Crippen LogP contribution < -0.4 is 15.9 Å². The molecule has 0 saturated carbocycles. The fourth-order valence-corrected chi connectivity index (χ4v) is 8.81. The van der Waals surface area contributed by atoms with Gasteiger partial charge in [-0.2, -0.15) is 0 Å². The number of hydrogen-bond acceptors (Lipinski definition) is 0. The number of hydrogen-bond donors (Lipinski definition) is 0. The molecule has 0 unspecified atom stereocenters. The molecule has 0 spiro atoms. The van der Waals surface area contributed by atoms with Crippen molar-refractivity contribution in [3.8, 4) is 0 Å². The van der Waals surface area contributed by atoms with Crippen molar-refractivity contribution >= 4 is 23.2 Å². The molecule has 29 heavy (non-hydrogen) atoms. The molecule has 146 valence electrons. The molecule has 0 atom stereocenters. The maximum atomic E-state index is 13.0. The van der Waals surface area contributed by atoms with Gasteiger partial charge in [0.1, 0.15) is 0 Å². The predicted molar refractivity (Wildman–Crippen MR) is 122 cm³/mol. The van der Waals surface area contributed by atoms with Gasteiger partial charge in [-0.3, -0.25) is 0 Å². The number of halogens is 2. The first kappa shape index (κ1) is 19.5. The molecule has 4 aromatic carbocycles. The SMILES string of the molecule is FC(F)c1ccc(C[PH](c2ccccc2)(c2ccccc2)c2ccccc2)cc1. The zero-order valence-electron chi connectivity index (χ0n) is 16.0. The van der Waals surface area contributed by atoms with Crippen molar-refractivity contribution in [2.24, 2.45) is 0 Å². The fourth-order valence-electron chi connectivity index (χ4n) is 4.06. The van der Waals surface area contributed by atoms with Gasteiger partial charge in [-0.25, -0.2) is 0 Å². The molecular weight excluding hydrogens is 381 g/mol. The summed E-state index contributed by atoms with van der Waals surface area (Å²) in [7, 11) is -2.40. The van der Waals surface area contributed by atoms with Crippen molar-refractivity contribution < 1.29 is 8.78 Å². The maximum absolute atomic E-state index is 13.0. The Morgan fingerprint density at radius 2 is 0.897 bits per heavy atom. The second kappa shape index (κ2) is 8.68. The van der Waals surface area contributed by atoms with Crippen molar-refractivity contribution in [2.75, 3.05) is 0 Å². The predicted octanol–water partition coefficient (Wildman–Crippen LogP) is 5.85. The van der Waals surface area contributed by atoms with Gasteiger partial charge >= 0.3 is 171 Å². The van der Waals surface area contributed by atoms with Crippen LogP contribution in [-0.4, -0.2) is 0 Å². The summed E-state index contributed by atoms with van der Waals surface area (Å²) in [6.07, 6.45) is -1.63. The molecule has 0 amide bonds. The summed E-state index contributed by atoms with van der Waals surface area (Å²) in [5.74, 6) is 0. The molecule has 0 radical (unpaired) electrons. The summed E-state index contributed by atoms with van der Waals surface area (Å²) in [6.45, 7) is 0. The standard InChI is InChI=1S/C26H23F2P/c27-26(28)22-18-16-21(17-19-22)20-29(23-10-4-1-5-11-23,24-12-6-2-7-13-24)25-14-8-3-9-15-25/h1-19,26,29H,20H2. The Morgan fingerprint density at radius 1 is 0.517 bits per heavy atom. The fraction of sp³-hybridized carbons (Fsp3) is 0.0769. The minimum atomic E-state index is -2.44. The van der Waals surface area contributed by atoms with E-state index in [1.54, 1.807) is 12.1 Å². The molecule has 0 aromatic heterocycles. The first-order valence-corrected chi connectivity index (χ1v) is 11.9. The van der Waals surface area contributed by atoms with Crippen molar-refractivity contribution in [3.05, 3.63) is 126 Å². The summed E-state index contributed by atoms with van der Waals surface area (Å²) in [4.78, 5) is 0. The molecule has 0 heterocycles. The quantitative estimate of drug-likeness (QED) is 0.354. The van der Waals surface area contributed by atoms with Crippen LogP contribution in [0, 0.1) is 0 Å². The molecule has 0 nitrogen and oxygen atoms in total. The second-order valence-corrected chi connectivity index (χ2v) is 11.1. The van der Waals surface area contributed by atoms with Crippen LogP contribution in [0.4, 0.5) is 8.78 Å². The molecule has 0 fully saturated rings. The van der Waals surface area contributed by atoms with E-state index in [9.17, 15) is 8.78 Å². The molecule has 0 bridgehead atoms. The molecule has 0 aliphatic carbocycles. The van der Waals surface area contributed by atoms with E-state index in [4.69, 9.17) is 0 Å². The van der Waals surface area contributed by atoms with Gasteiger partial charge in [0.15, 0.2) is 0 Å². The van der Waals surface area contributed by atoms with E-state index in [2.05, 4.69) is 72.8 Å². The van der Waals surface area contributed by atoms with E-state index in [0.29, 0.717) is 0 Å². The molecule has 0 saturated heterocycles. The molecule has 0 aliphatic heterocycles. The molecule has 0 N–H and O–H groups in total. The van der Waals surface area contributed by atoms with Crippen LogP contribution >= 0.6 is 7.26 Å². The minimum absolute atomic E-state index is 0.0696. The normalized spacial score (nSPS) is 12.1. The van der Waals surface area contributed by atoms with E-state index in [1.807, 2.05) is 30.3 Å². The first-order valence-electron chi connectivity index (χ1n) is 9.74. The van der Waals surface area contributed by atoms with Crippen molar-refractivity contribution in [1.82, 2.24) is 0 Å². The number of alkyl halides is 2. The Bertz CT molecular complexity index is 934. The van der Waals surface area contributed by atoms with Gasteiger partial charge in [-0.05, 0) is 0 Å². The van der Waals surface area contributed by atoms with Crippen LogP contribution in [0.3, 0.4) is 0 Å². The average molecular weight is 404 g/mol. The topological polar surface area (TPSA) is 0 Å². The average Bonchev–Trinajstić information content (AvgIpc) is 2.79. The first-order chi connectivity index (χ1) is 14.2. The Morgan fingerprint density at radius 3 is 1.24 bits per heavy atom. The molecule has 3 heteroatoms. The van der Waals surface area contributed by atoms with Crippen molar-refractivity contribution in [1.29, 1.82) is 0 Å². The van der Waals surface area contributed by atoms with Crippen LogP contribution in [0.1, 0.15) is 17.6 Å². The van der Waals surface area contributed by atoms with E-state index in [-0.39, 0.29) is 5.56 Å². The summed E-state index contributed by atoms with van der Waals surface area (Å²) in [5, 5.41) is 3.95. The van der Waals surface area contributed by atoms with Gasteiger partial charge < -0.3 is 0 Å². The number of benzene rings is 4. The van der Waals surface area contributed by atoms with E-state index in [0.717, 1.165) is 11.7 Å². The van der Waals surface area contributed by atoms with Gasteiger partial charge in [0.2, 0.25) is 0 Å².